The summed E-state index contributed by atoms with van der Waals surface area (Å²) in [5.41, 5.74) is 2.26. The number of ether oxygens (including phenoxy) is 1. The largest absolute Gasteiger partial charge is 0.495 e. The minimum Gasteiger partial charge on any atom is -0.495 e. The molecule has 2 rings (SSSR count). The first kappa shape index (κ1) is 15.5. The molecule has 1 aliphatic rings. The maximum absolute atomic E-state index is 6.19. The Hall–Kier alpha value is -0.930. The molecule has 0 bridgehead atoms. The molecule has 0 saturated carbocycles. The fourth-order valence-electron chi connectivity index (χ4n) is 2.99. The van der Waals surface area contributed by atoms with Crippen LogP contribution >= 0.6 is 11.6 Å². The number of hydrogen-bond acceptors (Lipinski definition) is 3. The molecule has 0 aliphatic carbocycles. The zero-order valence-corrected chi connectivity index (χ0v) is 13.6. The van der Waals surface area contributed by atoms with E-state index in [4.69, 9.17) is 16.3 Å². The SMILES string of the molecule is CCNC1CCN(c2cc(C)c(Cl)cc2OC)CC1C. The molecule has 3 nitrogen and oxygen atoms in total. The summed E-state index contributed by atoms with van der Waals surface area (Å²) in [6.45, 7) is 9.67. The van der Waals surface area contributed by atoms with Crippen LogP contribution in [0.4, 0.5) is 5.69 Å². The fraction of sp³-hybridized carbons (Fsp3) is 0.625. The van der Waals surface area contributed by atoms with Crippen molar-refractivity contribution in [3.8, 4) is 5.75 Å². The molecule has 0 amide bonds. The Morgan fingerprint density at radius 2 is 2.20 bits per heavy atom. The van der Waals surface area contributed by atoms with E-state index < -0.39 is 0 Å². The van der Waals surface area contributed by atoms with Gasteiger partial charge in [0.2, 0.25) is 0 Å². The van der Waals surface area contributed by atoms with E-state index in [0.29, 0.717) is 12.0 Å². The summed E-state index contributed by atoms with van der Waals surface area (Å²) in [7, 11) is 1.71. The third-order valence-electron chi connectivity index (χ3n) is 4.17. The van der Waals surface area contributed by atoms with Crippen LogP contribution in [0, 0.1) is 12.8 Å². The van der Waals surface area contributed by atoms with Crippen LogP contribution in [-0.4, -0.2) is 32.8 Å². The highest BCUT2D eigenvalue weighted by Gasteiger charge is 2.27. The molecule has 2 atom stereocenters. The predicted molar refractivity (Wildman–Crippen MR) is 86.2 cm³/mol. The fourth-order valence-corrected chi connectivity index (χ4v) is 3.14. The zero-order valence-electron chi connectivity index (χ0n) is 12.9. The number of aryl methyl sites for hydroxylation is 1. The van der Waals surface area contributed by atoms with Gasteiger partial charge in [0.15, 0.2) is 0 Å². The molecule has 1 fully saturated rings. The molecule has 0 spiro atoms. The van der Waals surface area contributed by atoms with Gasteiger partial charge in [-0.2, -0.15) is 0 Å². The maximum atomic E-state index is 6.19. The second-order valence-corrected chi connectivity index (χ2v) is 6.06. The van der Waals surface area contributed by atoms with E-state index in [-0.39, 0.29) is 0 Å². The quantitative estimate of drug-likeness (QED) is 0.920. The molecule has 0 aromatic heterocycles. The molecule has 1 aliphatic heterocycles. The van der Waals surface area contributed by atoms with Crippen molar-refractivity contribution in [1.82, 2.24) is 5.32 Å². The monoisotopic (exact) mass is 296 g/mol. The minimum atomic E-state index is 0.621. The van der Waals surface area contributed by atoms with Gasteiger partial charge < -0.3 is 15.0 Å². The average Bonchev–Trinajstić information content (AvgIpc) is 2.44. The summed E-state index contributed by atoms with van der Waals surface area (Å²) in [5.74, 6) is 1.50. The molecule has 1 aromatic rings. The third-order valence-corrected chi connectivity index (χ3v) is 4.58. The molecule has 1 heterocycles. The molecule has 20 heavy (non-hydrogen) atoms. The normalized spacial score (nSPS) is 22.9. The Morgan fingerprint density at radius 1 is 1.45 bits per heavy atom. The maximum Gasteiger partial charge on any atom is 0.143 e. The number of nitrogens with one attached hydrogen (secondary N) is 1. The van der Waals surface area contributed by atoms with Crippen molar-refractivity contribution >= 4 is 17.3 Å². The van der Waals surface area contributed by atoms with E-state index in [9.17, 15) is 0 Å². The highest BCUT2D eigenvalue weighted by atomic mass is 35.5. The highest BCUT2D eigenvalue weighted by molar-refractivity contribution is 6.31. The van der Waals surface area contributed by atoms with Crippen LogP contribution in [0.5, 0.6) is 5.75 Å². The number of piperidine rings is 1. The van der Waals surface area contributed by atoms with Crippen LogP contribution in [0.1, 0.15) is 25.8 Å². The van der Waals surface area contributed by atoms with Crippen molar-refractivity contribution in [2.75, 3.05) is 31.6 Å². The summed E-state index contributed by atoms with van der Waals surface area (Å²) >= 11 is 6.19. The van der Waals surface area contributed by atoms with Crippen molar-refractivity contribution in [3.63, 3.8) is 0 Å². The molecule has 112 valence electrons. The van der Waals surface area contributed by atoms with Crippen LogP contribution in [0.2, 0.25) is 5.02 Å². The van der Waals surface area contributed by atoms with E-state index >= 15 is 0 Å². The van der Waals surface area contributed by atoms with Gasteiger partial charge in [0, 0.05) is 30.2 Å². The van der Waals surface area contributed by atoms with Gasteiger partial charge in [-0.05, 0) is 37.4 Å². The van der Waals surface area contributed by atoms with Gasteiger partial charge in [-0.15, -0.1) is 0 Å². The molecule has 1 N–H and O–H groups in total. The standard InChI is InChI=1S/C16H25ClN2O/c1-5-18-14-6-7-19(10-12(14)3)15-8-11(2)13(17)9-16(15)20-4/h8-9,12,14,18H,5-7,10H2,1-4H3. The molecular weight excluding hydrogens is 272 g/mol. The second-order valence-electron chi connectivity index (χ2n) is 5.65. The van der Waals surface area contributed by atoms with Crippen molar-refractivity contribution in [2.45, 2.75) is 33.2 Å². The summed E-state index contributed by atoms with van der Waals surface area (Å²) in [4.78, 5) is 2.42. The summed E-state index contributed by atoms with van der Waals surface area (Å²) < 4.78 is 5.50. The van der Waals surface area contributed by atoms with Gasteiger partial charge >= 0.3 is 0 Å². The van der Waals surface area contributed by atoms with Crippen LogP contribution < -0.4 is 15.0 Å². The lowest BCUT2D eigenvalue weighted by Gasteiger charge is -2.39. The summed E-state index contributed by atoms with van der Waals surface area (Å²) in [5, 5.41) is 4.34. The van der Waals surface area contributed by atoms with Gasteiger partial charge in [-0.1, -0.05) is 25.4 Å². The first-order chi connectivity index (χ1) is 9.56. The summed E-state index contributed by atoms with van der Waals surface area (Å²) in [6.07, 6.45) is 1.17. The van der Waals surface area contributed by atoms with Gasteiger partial charge in [-0.25, -0.2) is 0 Å². The number of nitrogens with zero attached hydrogens (tertiary/aromatic N) is 1. The van der Waals surface area contributed by atoms with Crippen molar-refractivity contribution < 1.29 is 4.74 Å². The van der Waals surface area contributed by atoms with E-state index in [1.807, 2.05) is 13.0 Å². The molecule has 1 aromatic carbocycles. The predicted octanol–water partition coefficient (Wildman–Crippen LogP) is 3.48. The van der Waals surface area contributed by atoms with Gasteiger partial charge in [0.05, 0.1) is 12.8 Å². The molecule has 2 unspecified atom stereocenters. The van der Waals surface area contributed by atoms with E-state index in [0.717, 1.165) is 41.7 Å². The van der Waals surface area contributed by atoms with Crippen molar-refractivity contribution in [1.29, 1.82) is 0 Å². The van der Waals surface area contributed by atoms with E-state index in [2.05, 4.69) is 30.1 Å². The molecule has 4 heteroatoms. The number of hydrogen-bond donors (Lipinski definition) is 1. The number of halogens is 1. The molecule has 0 radical (unpaired) electrons. The first-order valence-corrected chi connectivity index (χ1v) is 7.77. The zero-order chi connectivity index (χ0) is 14.7. The highest BCUT2D eigenvalue weighted by Crippen LogP contribution is 2.35. The summed E-state index contributed by atoms with van der Waals surface area (Å²) in [6, 6.07) is 4.69. The Bertz CT molecular complexity index is 464. The van der Waals surface area contributed by atoms with Crippen molar-refractivity contribution in [3.05, 3.63) is 22.7 Å². The third kappa shape index (κ3) is 3.21. The van der Waals surface area contributed by atoms with Crippen LogP contribution in [-0.2, 0) is 0 Å². The number of anilines is 1. The Labute approximate surface area is 127 Å². The second kappa shape index (κ2) is 6.68. The van der Waals surface area contributed by atoms with E-state index in [1.165, 1.54) is 6.42 Å². The van der Waals surface area contributed by atoms with Gasteiger partial charge in [-0.3, -0.25) is 0 Å². The van der Waals surface area contributed by atoms with Crippen LogP contribution in [0.3, 0.4) is 0 Å². The van der Waals surface area contributed by atoms with Gasteiger partial charge in [0.1, 0.15) is 5.75 Å². The average molecular weight is 297 g/mol. The van der Waals surface area contributed by atoms with Gasteiger partial charge in [0.25, 0.3) is 0 Å². The smallest absolute Gasteiger partial charge is 0.143 e. The number of benzene rings is 1. The first-order valence-electron chi connectivity index (χ1n) is 7.39. The van der Waals surface area contributed by atoms with E-state index in [1.54, 1.807) is 7.11 Å². The number of rotatable bonds is 4. The lowest BCUT2D eigenvalue weighted by Crippen LogP contribution is -2.48. The lowest BCUT2D eigenvalue weighted by atomic mass is 9.93. The topological polar surface area (TPSA) is 24.5 Å². The van der Waals surface area contributed by atoms with Crippen LogP contribution in [0.15, 0.2) is 12.1 Å². The Morgan fingerprint density at radius 3 is 2.80 bits per heavy atom. The Balaban J connectivity index is 2.19. The minimum absolute atomic E-state index is 0.621. The molecule has 1 saturated heterocycles. The van der Waals surface area contributed by atoms with Crippen LogP contribution in [0.25, 0.3) is 0 Å². The number of methoxy groups -OCH3 is 1. The van der Waals surface area contributed by atoms with Crippen molar-refractivity contribution in [2.24, 2.45) is 5.92 Å². The Kier molecular flexibility index (Phi) is 5.17. The molecular formula is C16H25ClN2O. The lowest BCUT2D eigenvalue weighted by molar-refractivity contribution is 0.324.